The fourth-order valence-corrected chi connectivity index (χ4v) is 8.49. The number of benzene rings is 1. The van der Waals surface area contributed by atoms with Crippen molar-refractivity contribution in [3.05, 3.63) is 45.6 Å². The lowest BCUT2D eigenvalue weighted by atomic mass is 9.75. The van der Waals surface area contributed by atoms with Gasteiger partial charge in [0.15, 0.2) is 0 Å². The van der Waals surface area contributed by atoms with Crippen LogP contribution >= 0.6 is 11.6 Å². The number of ether oxygens (including phenoxy) is 2. The van der Waals surface area contributed by atoms with Gasteiger partial charge in [0.05, 0.1) is 29.5 Å². The lowest BCUT2D eigenvalue weighted by Crippen LogP contribution is -2.44. The van der Waals surface area contributed by atoms with Crippen LogP contribution < -0.4 is 9.64 Å². The van der Waals surface area contributed by atoms with Gasteiger partial charge in [0.1, 0.15) is 12.4 Å². The van der Waals surface area contributed by atoms with Crippen LogP contribution in [0.25, 0.3) is 0 Å². The van der Waals surface area contributed by atoms with E-state index in [2.05, 4.69) is 22.8 Å². The molecule has 1 N–H and O–H groups in total. The summed E-state index contributed by atoms with van der Waals surface area (Å²) in [6.07, 6.45) is 9.60. The molecule has 0 amide bonds. The maximum Gasteiger partial charge on any atom is 0.318 e. The second-order valence-electron chi connectivity index (χ2n) is 12.8. The quantitative estimate of drug-likeness (QED) is 0.570. The predicted octanol–water partition coefficient (Wildman–Crippen LogP) is 5.04. The second-order valence-corrected chi connectivity index (χ2v) is 13.2. The summed E-state index contributed by atoms with van der Waals surface area (Å²) in [5.74, 6) is 1.63. The van der Waals surface area contributed by atoms with Crippen LogP contribution in [0.15, 0.2) is 18.2 Å². The highest BCUT2D eigenvalue weighted by Gasteiger charge is 2.48. The Morgan fingerprint density at radius 1 is 1.10 bits per heavy atom. The maximum atomic E-state index is 10.3. The van der Waals surface area contributed by atoms with E-state index in [0.29, 0.717) is 31.6 Å². The van der Waals surface area contributed by atoms with Crippen molar-refractivity contribution >= 4 is 17.4 Å². The van der Waals surface area contributed by atoms with Gasteiger partial charge in [-0.1, -0.05) is 30.7 Å². The number of rotatable bonds is 4. The van der Waals surface area contributed by atoms with E-state index in [-0.39, 0.29) is 11.6 Å². The molecule has 2 aromatic rings. The van der Waals surface area contributed by atoms with Crippen molar-refractivity contribution in [2.24, 2.45) is 5.92 Å². The van der Waals surface area contributed by atoms with Gasteiger partial charge < -0.3 is 19.5 Å². The van der Waals surface area contributed by atoms with Gasteiger partial charge >= 0.3 is 6.01 Å². The first-order chi connectivity index (χ1) is 18.9. The highest BCUT2D eigenvalue weighted by Crippen LogP contribution is 2.48. The van der Waals surface area contributed by atoms with E-state index in [4.69, 9.17) is 31.0 Å². The second kappa shape index (κ2) is 10.2. The fraction of sp³-hybridized carbons (Fsp3) is 0.677. The number of halogens is 1. The van der Waals surface area contributed by atoms with Crippen LogP contribution in [-0.2, 0) is 29.8 Å². The zero-order valence-electron chi connectivity index (χ0n) is 23.1. The van der Waals surface area contributed by atoms with E-state index in [9.17, 15) is 5.11 Å². The minimum atomic E-state index is -0.412. The highest BCUT2D eigenvalue weighted by atomic mass is 35.5. The minimum Gasteiger partial charge on any atom is -0.461 e. The van der Waals surface area contributed by atoms with Crippen LogP contribution in [0.1, 0.15) is 80.7 Å². The zero-order chi connectivity index (χ0) is 26.6. The van der Waals surface area contributed by atoms with Crippen LogP contribution in [0.4, 0.5) is 5.82 Å². The molecular weight excluding hydrogens is 512 g/mol. The van der Waals surface area contributed by atoms with Gasteiger partial charge in [-0.05, 0) is 87.4 Å². The van der Waals surface area contributed by atoms with Gasteiger partial charge in [0, 0.05) is 36.6 Å². The molecule has 1 spiro atoms. The van der Waals surface area contributed by atoms with Crippen molar-refractivity contribution in [3.63, 3.8) is 0 Å². The maximum absolute atomic E-state index is 10.3. The number of fused-ring (bicyclic) bond motifs is 4. The molecule has 7 nitrogen and oxygen atoms in total. The summed E-state index contributed by atoms with van der Waals surface area (Å²) in [6.45, 7) is 7.47. The fourth-order valence-electron chi connectivity index (χ4n) is 8.22. The summed E-state index contributed by atoms with van der Waals surface area (Å²) in [5.41, 5.74) is 4.26. The molecule has 0 radical (unpaired) electrons. The molecule has 0 saturated carbocycles. The Balaban J connectivity index is 1.24. The molecule has 2 unspecified atom stereocenters. The molecule has 7 rings (SSSR count). The Morgan fingerprint density at radius 3 is 2.95 bits per heavy atom. The van der Waals surface area contributed by atoms with Crippen molar-refractivity contribution < 1.29 is 14.6 Å². The Labute approximate surface area is 236 Å². The molecule has 3 saturated heterocycles. The van der Waals surface area contributed by atoms with Gasteiger partial charge in [0.25, 0.3) is 0 Å². The van der Waals surface area contributed by atoms with Gasteiger partial charge in [-0.3, -0.25) is 4.90 Å². The zero-order valence-corrected chi connectivity index (χ0v) is 23.9. The number of aliphatic hydroxyl groups excluding tert-OH is 1. The average Bonchev–Trinajstić information content (AvgIpc) is 3.36. The largest absolute Gasteiger partial charge is 0.461 e. The van der Waals surface area contributed by atoms with Gasteiger partial charge in [-0.2, -0.15) is 9.97 Å². The topological polar surface area (TPSA) is 71.0 Å². The van der Waals surface area contributed by atoms with E-state index >= 15 is 0 Å². The normalized spacial score (nSPS) is 32.5. The predicted molar refractivity (Wildman–Crippen MR) is 151 cm³/mol. The summed E-state index contributed by atoms with van der Waals surface area (Å²) in [7, 11) is 0. The summed E-state index contributed by atoms with van der Waals surface area (Å²) in [6, 6.07) is 6.72. The number of nitrogens with zero attached hydrogens (tertiary/aromatic N) is 4. The average molecular weight is 553 g/mol. The lowest BCUT2D eigenvalue weighted by molar-refractivity contribution is -0.0855. The number of anilines is 1. The molecular formula is C31H41ClN4O3. The molecule has 1 aliphatic carbocycles. The van der Waals surface area contributed by atoms with Crippen LogP contribution in [0, 0.1) is 5.92 Å². The SMILES string of the molecule is C[C@H]1CN2CCC[C@@]2(COc2nc3c(c(N4CCCC(O)CC4)n2)COC2(CCCc4c(Cl)cccc42)C3)C1. The smallest absolute Gasteiger partial charge is 0.318 e. The third kappa shape index (κ3) is 4.63. The van der Waals surface area contributed by atoms with Gasteiger partial charge in [0.2, 0.25) is 0 Å². The monoisotopic (exact) mass is 552 g/mol. The summed E-state index contributed by atoms with van der Waals surface area (Å²) < 4.78 is 13.3. The Bertz CT molecular complexity index is 1240. The van der Waals surface area contributed by atoms with Crippen LogP contribution in [0.2, 0.25) is 5.02 Å². The van der Waals surface area contributed by atoms with Crippen LogP contribution in [-0.4, -0.2) is 64.4 Å². The molecule has 3 fully saturated rings. The summed E-state index contributed by atoms with van der Waals surface area (Å²) >= 11 is 6.65. The lowest BCUT2D eigenvalue weighted by Gasteiger charge is -2.43. The van der Waals surface area contributed by atoms with Crippen LogP contribution in [0.3, 0.4) is 0 Å². The number of hydrogen-bond donors (Lipinski definition) is 1. The number of aromatic nitrogens is 2. The summed E-state index contributed by atoms with van der Waals surface area (Å²) in [4.78, 5) is 15.1. The molecule has 4 atom stereocenters. The van der Waals surface area contributed by atoms with Crippen molar-refractivity contribution in [2.45, 2.75) is 95.0 Å². The highest BCUT2D eigenvalue weighted by molar-refractivity contribution is 6.31. The first-order valence-corrected chi connectivity index (χ1v) is 15.5. The van der Waals surface area contributed by atoms with Crippen molar-refractivity contribution in [1.29, 1.82) is 0 Å². The first kappa shape index (κ1) is 26.0. The van der Waals surface area contributed by atoms with Crippen molar-refractivity contribution in [3.8, 4) is 6.01 Å². The van der Waals surface area contributed by atoms with E-state index in [1.807, 2.05) is 12.1 Å². The third-order valence-corrected chi connectivity index (χ3v) is 10.4. The van der Waals surface area contributed by atoms with E-state index in [1.165, 1.54) is 36.9 Å². The number of aliphatic hydroxyl groups is 1. The molecule has 8 heteroatoms. The van der Waals surface area contributed by atoms with E-state index in [0.717, 1.165) is 80.3 Å². The Morgan fingerprint density at radius 2 is 2.03 bits per heavy atom. The Hall–Kier alpha value is -1.93. The minimum absolute atomic E-state index is 0.120. The van der Waals surface area contributed by atoms with Crippen molar-refractivity contribution in [2.75, 3.05) is 37.7 Å². The van der Waals surface area contributed by atoms with E-state index in [1.54, 1.807) is 0 Å². The number of hydrogen-bond acceptors (Lipinski definition) is 7. The standard InChI is InChI=1S/C31H41ClN4O3/c1-21-16-30(11-5-14-36(30)18-21)20-38-29-33-27-17-31(12-3-7-23-25(31)8-2-9-26(23)32)39-19-24(27)28(34-29)35-13-4-6-22(37)10-15-35/h2,8-9,21-22,37H,3-7,10-20H2,1H3/t21-,22?,30+,31?/m1/s1. The molecule has 5 aliphatic rings. The molecule has 0 bridgehead atoms. The molecule has 1 aromatic carbocycles. The molecule has 5 heterocycles. The van der Waals surface area contributed by atoms with E-state index < -0.39 is 5.60 Å². The van der Waals surface area contributed by atoms with Crippen molar-refractivity contribution in [1.82, 2.24) is 14.9 Å². The molecule has 1 aromatic heterocycles. The van der Waals surface area contributed by atoms with Gasteiger partial charge in [-0.25, -0.2) is 0 Å². The molecule has 4 aliphatic heterocycles. The van der Waals surface area contributed by atoms with Gasteiger partial charge in [-0.15, -0.1) is 0 Å². The first-order valence-electron chi connectivity index (χ1n) is 15.1. The Kier molecular flexibility index (Phi) is 6.78. The molecule has 210 valence electrons. The summed E-state index contributed by atoms with van der Waals surface area (Å²) in [5, 5.41) is 11.2. The molecule has 39 heavy (non-hydrogen) atoms. The van der Waals surface area contributed by atoms with Crippen LogP contribution in [0.5, 0.6) is 6.01 Å². The third-order valence-electron chi connectivity index (χ3n) is 10.1.